The van der Waals surface area contributed by atoms with Crippen LogP contribution in [0.2, 0.25) is 0 Å². The minimum Gasteiger partial charge on any atom is -0.478 e. The number of carboxylic acids is 1. The number of carboxylic acid groups (broad SMARTS) is 1. The molecule has 1 N–H and O–H groups in total. The van der Waals surface area contributed by atoms with Gasteiger partial charge in [0.1, 0.15) is 0 Å². The fourth-order valence-corrected chi connectivity index (χ4v) is 3.04. The predicted octanol–water partition coefficient (Wildman–Crippen LogP) is 4.13. The number of rotatable bonds is 3. The molecule has 0 aliphatic carbocycles. The van der Waals surface area contributed by atoms with Crippen LogP contribution in [0, 0.1) is 0 Å². The van der Waals surface area contributed by atoms with Gasteiger partial charge in [0.25, 0.3) is 5.56 Å². The Labute approximate surface area is 146 Å². The van der Waals surface area contributed by atoms with E-state index in [-0.39, 0.29) is 11.1 Å². The van der Waals surface area contributed by atoms with Gasteiger partial charge in [0.05, 0.1) is 16.8 Å². The number of nitrogens with zero attached hydrogens (tertiary/aromatic N) is 1. The molecular formula is C19H14BrNO3. The molecule has 0 spiro atoms. The van der Waals surface area contributed by atoms with Crippen molar-refractivity contribution in [3.63, 3.8) is 0 Å². The van der Waals surface area contributed by atoms with Crippen molar-refractivity contribution in [2.45, 2.75) is 6.92 Å². The molecule has 120 valence electrons. The van der Waals surface area contributed by atoms with Crippen molar-refractivity contribution in [3.8, 4) is 0 Å². The third-order valence-electron chi connectivity index (χ3n) is 3.80. The maximum absolute atomic E-state index is 12.6. The predicted molar refractivity (Wildman–Crippen MR) is 98.0 cm³/mol. The van der Waals surface area contributed by atoms with Crippen LogP contribution in [-0.4, -0.2) is 15.6 Å². The summed E-state index contributed by atoms with van der Waals surface area (Å²) in [6, 6.07) is 17.8. The second-order valence-corrected chi connectivity index (χ2v) is 6.27. The van der Waals surface area contributed by atoms with Gasteiger partial charge in [-0.2, -0.15) is 0 Å². The SMILES string of the molecule is CC(C(=O)O)=C(c1ccccc1)n1c(=O)ccc2cc(Br)ccc21. The number of aliphatic carboxylic acids is 1. The molecule has 0 saturated carbocycles. The van der Waals surface area contributed by atoms with Crippen LogP contribution in [0.3, 0.4) is 0 Å². The van der Waals surface area contributed by atoms with Gasteiger partial charge in [0, 0.05) is 10.5 Å². The van der Waals surface area contributed by atoms with E-state index in [1.54, 1.807) is 24.3 Å². The maximum atomic E-state index is 12.6. The Morgan fingerprint density at radius 2 is 1.75 bits per heavy atom. The van der Waals surface area contributed by atoms with Gasteiger partial charge in [-0.25, -0.2) is 4.79 Å². The molecule has 0 saturated heterocycles. The fraction of sp³-hybridized carbons (Fsp3) is 0.0526. The summed E-state index contributed by atoms with van der Waals surface area (Å²) in [5, 5.41) is 10.3. The summed E-state index contributed by atoms with van der Waals surface area (Å²) in [7, 11) is 0. The highest BCUT2D eigenvalue weighted by Crippen LogP contribution is 2.26. The number of benzene rings is 2. The van der Waals surface area contributed by atoms with Crippen LogP contribution in [-0.2, 0) is 4.79 Å². The molecule has 1 aromatic heterocycles. The van der Waals surface area contributed by atoms with Crippen molar-refractivity contribution >= 4 is 38.5 Å². The number of pyridine rings is 1. The van der Waals surface area contributed by atoms with Crippen molar-refractivity contribution in [1.29, 1.82) is 0 Å². The average Bonchev–Trinajstić information content (AvgIpc) is 2.58. The summed E-state index contributed by atoms with van der Waals surface area (Å²) in [5.74, 6) is -1.06. The third kappa shape index (κ3) is 2.90. The molecule has 3 aromatic rings. The van der Waals surface area contributed by atoms with Gasteiger partial charge in [0.2, 0.25) is 0 Å². The summed E-state index contributed by atoms with van der Waals surface area (Å²) in [4.78, 5) is 24.2. The molecule has 0 aliphatic heterocycles. The van der Waals surface area contributed by atoms with Crippen molar-refractivity contribution in [2.75, 3.05) is 0 Å². The first-order valence-corrected chi connectivity index (χ1v) is 8.09. The van der Waals surface area contributed by atoms with E-state index in [4.69, 9.17) is 0 Å². The zero-order valence-corrected chi connectivity index (χ0v) is 14.4. The Morgan fingerprint density at radius 3 is 2.42 bits per heavy atom. The second kappa shape index (κ2) is 6.45. The molecule has 0 unspecified atom stereocenters. The smallest absolute Gasteiger partial charge is 0.333 e. The van der Waals surface area contributed by atoms with E-state index in [0.717, 1.165) is 9.86 Å². The van der Waals surface area contributed by atoms with Crippen LogP contribution in [0.4, 0.5) is 0 Å². The Balaban J connectivity index is 2.45. The van der Waals surface area contributed by atoms with Crippen molar-refractivity contribution in [2.24, 2.45) is 0 Å². The van der Waals surface area contributed by atoms with Gasteiger partial charge >= 0.3 is 5.97 Å². The van der Waals surface area contributed by atoms with E-state index in [1.807, 2.05) is 30.3 Å². The number of hydrogen-bond acceptors (Lipinski definition) is 2. The lowest BCUT2D eigenvalue weighted by atomic mass is 10.1. The lowest BCUT2D eigenvalue weighted by molar-refractivity contribution is -0.132. The van der Waals surface area contributed by atoms with Gasteiger partial charge in [0.15, 0.2) is 0 Å². The van der Waals surface area contributed by atoms with Gasteiger partial charge < -0.3 is 5.11 Å². The first-order chi connectivity index (χ1) is 11.5. The normalized spacial score (nSPS) is 12.1. The van der Waals surface area contributed by atoms with Crippen LogP contribution in [0.25, 0.3) is 16.6 Å². The fourth-order valence-electron chi connectivity index (χ4n) is 2.66. The molecule has 0 aliphatic rings. The minimum atomic E-state index is -1.06. The molecule has 0 bridgehead atoms. The van der Waals surface area contributed by atoms with Crippen LogP contribution in [0.1, 0.15) is 12.5 Å². The molecule has 1 heterocycles. The maximum Gasteiger partial charge on any atom is 0.333 e. The molecule has 2 aromatic carbocycles. The molecule has 0 atom stereocenters. The highest BCUT2D eigenvalue weighted by atomic mass is 79.9. The Bertz CT molecular complexity index is 1020. The van der Waals surface area contributed by atoms with Crippen molar-refractivity contribution in [3.05, 3.63) is 86.6 Å². The molecule has 4 nitrogen and oxygen atoms in total. The molecule has 0 amide bonds. The van der Waals surface area contributed by atoms with Crippen LogP contribution >= 0.6 is 15.9 Å². The third-order valence-corrected chi connectivity index (χ3v) is 4.30. The summed E-state index contributed by atoms with van der Waals surface area (Å²) in [6.45, 7) is 1.51. The topological polar surface area (TPSA) is 59.3 Å². The van der Waals surface area contributed by atoms with Gasteiger partial charge in [-0.3, -0.25) is 9.36 Å². The number of fused-ring (bicyclic) bond motifs is 1. The van der Waals surface area contributed by atoms with E-state index in [9.17, 15) is 14.7 Å². The zero-order valence-electron chi connectivity index (χ0n) is 12.9. The lowest BCUT2D eigenvalue weighted by Gasteiger charge is -2.16. The zero-order chi connectivity index (χ0) is 17.3. The number of carbonyl (C=O) groups is 1. The quantitative estimate of drug-likeness (QED) is 0.691. The van der Waals surface area contributed by atoms with Gasteiger partial charge in [-0.15, -0.1) is 0 Å². The molecule has 0 radical (unpaired) electrons. The Kier molecular flexibility index (Phi) is 4.36. The highest BCUT2D eigenvalue weighted by Gasteiger charge is 2.17. The number of halogens is 1. The van der Waals surface area contributed by atoms with Gasteiger partial charge in [-0.05, 0) is 42.1 Å². The van der Waals surface area contributed by atoms with E-state index in [0.29, 0.717) is 16.8 Å². The first-order valence-electron chi connectivity index (χ1n) is 7.30. The summed E-state index contributed by atoms with van der Waals surface area (Å²) >= 11 is 3.42. The second-order valence-electron chi connectivity index (χ2n) is 5.35. The van der Waals surface area contributed by atoms with Crippen molar-refractivity contribution < 1.29 is 9.90 Å². The monoisotopic (exact) mass is 383 g/mol. The average molecular weight is 384 g/mol. The van der Waals surface area contributed by atoms with E-state index in [1.165, 1.54) is 17.6 Å². The molecule has 24 heavy (non-hydrogen) atoms. The van der Waals surface area contributed by atoms with E-state index in [2.05, 4.69) is 15.9 Å². The molecular weight excluding hydrogens is 370 g/mol. The molecule has 5 heteroatoms. The lowest BCUT2D eigenvalue weighted by Crippen LogP contribution is -2.21. The molecule has 0 fully saturated rings. The van der Waals surface area contributed by atoms with E-state index < -0.39 is 5.97 Å². The van der Waals surface area contributed by atoms with Crippen LogP contribution < -0.4 is 5.56 Å². The van der Waals surface area contributed by atoms with Crippen LogP contribution in [0.5, 0.6) is 0 Å². The van der Waals surface area contributed by atoms with Crippen molar-refractivity contribution in [1.82, 2.24) is 4.57 Å². The summed E-state index contributed by atoms with van der Waals surface area (Å²) < 4.78 is 2.35. The highest BCUT2D eigenvalue weighted by molar-refractivity contribution is 9.10. The first kappa shape index (κ1) is 16.2. The van der Waals surface area contributed by atoms with Crippen LogP contribution in [0.15, 0.2) is 75.5 Å². The number of hydrogen-bond donors (Lipinski definition) is 1. The standard InChI is InChI=1S/C19H14BrNO3/c1-12(19(23)24)18(13-5-3-2-4-6-13)21-16-9-8-15(20)11-14(16)7-10-17(21)22/h2-11H,1H3,(H,23,24). The minimum absolute atomic E-state index is 0.110. The summed E-state index contributed by atoms with van der Waals surface area (Å²) in [5.41, 5.74) is 1.55. The van der Waals surface area contributed by atoms with Gasteiger partial charge in [-0.1, -0.05) is 46.3 Å². The molecule has 3 rings (SSSR count). The summed E-state index contributed by atoms with van der Waals surface area (Å²) in [6.07, 6.45) is 0. The Morgan fingerprint density at radius 1 is 1.04 bits per heavy atom. The van der Waals surface area contributed by atoms with E-state index >= 15 is 0 Å². The Hall–Kier alpha value is -2.66. The number of aromatic nitrogens is 1. The largest absolute Gasteiger partial charge is 0.478 e.